The van der Waals surface area contributed by atoms with Crippen molar-refractivity contribution in [3.63, 3.8) is 0 Å². The topological polar surface area (TPSA) is 75.7 Å². The predicted octanol–water partition coefficient (Wildman–Crippen LogP) is 0.207. The first-order valence-corrected chi connectivity index (χ1v) is 7.06. The second kappa shape index (κ2) is 5.72. The van der Waals surface area contributed by atoms with E-state index >= 15 is 0 Å². The van der Waals surface area contributed by atoms with E-state index in [2.05, 4.69) is 5.32 Å². The summed E-state index contributed by atoms with van der Waals surface area (Å²) < 4.78 is 29.6. The number of nitrogens with zero attached hydrogens (tertiary/aromatic N) is 1. The lowest BCUT2D eigenvalue weighted by Crippen LogP contribution is -2.39. The van der Waals surface area contributed by atoms with Gasteiger partial charge in [-0.25, -0.2) is 8.42 Å². The lowest BCUT2D eigenvalue weighted by atomic mass is 10.3. The summed E-state index contributed by atoms with van der Waals surface area (Å²) in [6.45, 7) is -0.282. The van der Waals surface area contributed by atoms with Crippen molar-refractivity contribution in [2.45, 2.75) is 0 Å². The number of para-hydroxylation sites is 2. The van der Waals surface area contributed by atoms with Gasteiger partial charge in [0.05, 0.1) is 19.1 Å². The van der Waals surface area contributed by atoms with Crippen LogP contribution in [0, 0.1) is 0 Å². The molecule has 0 aliphatic rings. The van der Waals surface area contributed by atoms with Crippen LogP contribution in [0.1, 0.15) is 0 Å². The number of likely N-dealkylation sites (N-methyl/N-ethyl adjacent to an activating group) is 1. The van der Waals surface area contributed by atoms with Crippen molar-refractivity contribution in [3.05, 3.63) is 24.3 Å². The van der Waals surface area contributed by atoms with Crippen molar-refractivity contribution in [1.82, 2.24) is 5.32 Å². The molecule has 0 saturated carbocycles. The molecule has 0 unspecified atom stereocenters. The number of rotatable bonds is 5. The fourth-order valence-corrected chi connectivity index (χ4v) is 2.29. The molecule has 0 heterocycles. The molecule has 18 heavy (non-hydrogen) atoms. The molecule has 1 N–H and O–H groups in total. The minimum atomic E-state index is -3.56. The van der Waals surface area contributed by atoms with Crippen LogP contribution in [0.15, 0.2) is 24.3 Å². The third-order valence-corrected chi connectivity index (χ3v) is 3.45. The van der Waals surface area contributed by atoms with E-state index in [0.29, 0.717) is 11.4 Å². The fraction of sp³-hybridized carbons (Fsp3) is 0.364. The fourth-order valence-electron chi connectivity index (χ4n) is 1.43. The number of sulfonamides is 1. The third kappa shape index (κ3) is 3.36. The number of hydrogen-bond donors (Lipinski definition) is 1. The summed E-state index contributed by atoms with van der Waals surface area (Å²) >= 11 is 0. The highest BCUT2D eigenvalue weighted by Gasteiger charge is 2.22. The molecular formula is C11H16N2O4S. The van der Waals surface area contributed by atoms with Gasteiger partial charge in [-0.05, 0) is 12.1 Å². The highest BCUT2D eigenvalue weighted by Crippen LogP contribution is 2.29. The second-order valence-electron chi connectivity index (χ2n) is 3.61. The zero-order chi connectivity index (χ0) is 13.8. The Balaban J connectivity index is 3.22. The summed E-state index contributed by atoms with van der Waals surface area (Å²) in [4.78, 5) is 11.4. The second-order valence-corrected chi connectivity index (χ2v) is 5.52. The molecule has 0 aromatic heterocycles. The maximum absolute atomic E-state index is 11.7. The Kier molecular flexibility index (Phi) is 4.55. The zero-order valence-electron chi connectivity index (χ0n) is 10.5. The van der Waals surface area contributed by atoms with Crippen LogP contribution in [0.2, 0.25) is 0 Å². The maximum Gasteiger partial charge on any atom is 0.240 e. The van der Waals surface area contributed by atoms with Crippen molar-refractivity contribution < 1.29 is 17.9 Å². The van der Waals surface area contributed by atoms with Crippen LogP contribution in [0.25, 0.3) is 0 Å². The molecule has 1 aromatic rings. The van der Waals surface area contributed by atoms with Gasteiger partial charge in [-0.15, -0.1) is 0 Å². The standard InChI is InChI=1S/C11H16N2O4S/c1-12-11(14)8-13(18(3,15)16)9-6-4-5-7-10(9)17-2/h4-7H,8H2,1-3H3,(H,12,14). The molecule has 0 fully saturated rings. The molecule has 100 valence electrons. The lowest BCUT2D eigenvalue weighted by Gasteiger charge is -2.23. The number of carbonyl (C=O) groups is 1. The number of amides is 1. The van der Waals surface area contributed by atoms with E-state index in [9.17, 15) is 13.2 Å². The molecule has 1 amide bonds. The lowest BCUT2D eigenvalue weighted by molar-refractivity contribution is -0.119. The minimum Gasteiger partial charge on any atom is -0.495 e. The number of methoxy groups -OCH3 is 1. The van der Waals surface area contributed by atoms with E-state index in [1.807, 2.05) is 0 Å². The van der Waals surface area contributed by atoms with Gasteiger partial charge in [0.1, 0.15) is 12.3 Å². The number of anilines is 1. The Morgan fingerprint density at radius 2 is 2.00 bits per heavy atom. The average molecular weight is 272 g/mol. The van der Waals surface area contributed by atoms with Gasteiger partial charge in [0, 0.05) is 7.05 Å². The Bertz CT molecular complexity index is 528. The van der Waals surface area contributed by atoms with Crippen molar-refractivity contribution >= 4 is 21.6 Å². The van der Waals surface area contributed by atoms with E-state index in [-0.39, 0.29) is 6.54 Å². The van der Waals surface area contributed by atoms with Gasteiger partial charge in [-0.1, -0.05) is 12.1 Å². The molecule has 0 bridgehead atoms. The van der Waals surface area contributed by atoms with E-state index in [0.717, 1.165) is 10.6 Å². The molecular weight excluding hydrogens is 256 g/mol. The van der Waals surface area contributed by atoms with Crippen molar-refractivity contribution in [2.24, 2.45) is 0 Å². The first kappa shape index (κ1) is 14.3. The molecule has 0 spiro atoms. The Morgan fingerprint density at radius 3 is 2.50 bits per heavy atom. The number of nitrogens with one attached hydrogen (secondary N) is 1. The quantitative estimate of drug-likeness (QED) is 0.831. The van der Waals surface area contributed by atoms with E-state index < -0.39 is 15.9 Å². The SMILES string of the molecule is CNC(=O)CN(c1ccccc1OC)S(C)(=O)=O. The highest BCUT2D eigenvalue weighted by atomic mass is 32.2. The third-order valence-electron chi connectivity index (χ3n) is 2.32. The molecule has 1 rings (SSSR count). The molecule has 0 aliphatic heterocycles. The van der Waals surface area contributed by atoms with Crippen LogP contribution in [-0.4, -0.2) is 41.3 Å². The summed E-state index contributed by atoms with van der Waals surface area (Å²) in [5.74, 6) is -0.00170. The van der Waals surface area contributed by atoms with Gasteiger partial charge in [0.25, 0.3) is 0 Å². The van der Waals surface area contributed by atoms with E-state index in [1.54, 1.807) is 24.3 Å². The Morgan fingerprint density at radius 1 is 1.39 bits per heavy atom. The van der Waals surface area contributed by atoms with Crippen molar-refractivity contribution in [1.29, 1.82) is 0 Å². The van der Waals surface area contributed by atoms with Gasteiger partial charge in [-0.2, -0.15) is 0 Å². The summed E-state index contributed by atoms with van der Waals surface area (Å²) in [5, 5.41) is 2.39. The summed E-state index contributed by atoms with van der Waals surface area (Å²) in [6, 6.07) is 6.63. The van der Waals surface area contributed by atoms with Crippen LogP contribution >= 0.6 is 0 Å². The Hall–Kier alpha value is -1.76. The first-order chi connectivity index (χ1) is 8.40. The van der Waals surface area contributed by atoms with Crippen LogP contribution in [0.4, 0.5) is 5.69 Å². The highest BCUT2D eigenvalue weighted by molar-refractivity contribution is 7.92. The molecule has 0 radical (unpaired) electrons. The summed E-state index contributed by atoms with van der Waals surface area (Å²) in [6.07, 6.45) is 1.04. The van der Waals surface area contributed by atoms with Gasteiger partial charge >= 0.3 is 0 Å². The summed E-state index contributed by atoms with van der Waals surface area (Å²) in [7, 11) is -0.670. The van der Waals surface area contributed by atoms with E-state index in [4.69, 9.17) is 4.74 Å². The van der Waals surface area contributed by atoms with E-state index in [1.165, 1.54) is 14.2 Å². The molecule has 0 aliphatic carbocycles. The number of carbonyl (C=O) groups excluding carboxylic acids is 1. The number of ether oxygens (including phenoxy) is 1. The van der Waals surface area contributed by atoms with Crippen molar-refractivity contribution in [3.8, 4) is 5.75 Å². The van der Waals surface area contributed by atoms with Gasteiger partial charge in [0.15, 0.2) is 0 Å². The van der Waals surface area contributed by atoms with Crippen LogP contribution in [0.5, 0.6) is 5.75 Å². The predicted molar refractivity (Wildman–Crippen MR) is 69.3 cm³/mol. The first-order valence-electron chi connectivity index (χ1n) is 5.21. The zero-order valence-corrected chi connectivity index (χ0v) is 11.3. The number of hydrogen-bond acceptors (Lipinski definition) is 4. The maximum atomic E-state index is 11.7. The number of benzene rings is 1. The van der Waals surface area contributed by atoms with Crippen molar-refractivity contribution in [2.75, 3.05) is 31.3 Å². The van der Waals surface area contributed by atoms with Crippen LogP contribution in [0.3, 0.4) is 0 Å². The average Bonchev–Trinajstić information content (AvgIpc) is 2.34. The summed E-state index contributed by atoms with van der Waals surface area (Å²) in [5.41, 5.74) is 0.339. The molecule has 0 atom stereocenters. The minimum absolute atomic E-state index is 0.282. The monoisotopic (exact) mass is 272 g/mol. The van der Waals surface area contributed by atoms with Crippen LogP contribution in [-0.2, 0) is 14.8 Å². The smallest absolute Gasteiger partial charge is 0.240 e. The molecule has 0 saturated heterocycles. The Labute approximate surface area is 107 Å². The molecule has 1 aromatic carbocycles. The molecule has 6 nitrogen and oxygen atoms in total. The van der Waals surface area contributed by atoms with Gasteiger partial charge < -0.3 is 10.1 Å². The normalized spacial score (nSPS) is 10.8. The van der Waals surface area contributed by atoms with Gasteiger partial charge in [-0.3, -0.25) is 9.10 Å². The molecule has 7 heteroatoms. The largest absolute Gasteiger partial charge is 0.495 e. The van der Waals surface area contributed by atoms with Crippen LogP contribution < -0.4 is 14.4 Å². The van der Waals surface area contributed by atoms with Gasteiger partial charge in [0.2, 0.25) is 15.9 Å².